The summed E-state index contributed by atoms with van der Waals surface area (Å²) in [5.41, 5.74) is 8.01. The highest BCUT2D eigenvalue weighted by Crippen LogP contribution is 2.11. The lowest BCUT2D eigenvalue weighted by Crippen LogP contribution is -1.96. The molecule has 0 aromatic heterocycles. The van der Waals surface area contributed by atoms with Crippen LogP contribution in [-0.4, -0.2) is 0 Å². The van der Waals surface area contributed by atoms with E-state index < -0.39 is 0 Å². The molecule has 2 N–H and O–H groups in total. The van der Waals surface area contributed by atoms with Crippen molar-refractivity contribution in [3.63, 3.8) is 0 Å². The van der Waals surface area contributed by atoms with Gasteiger partial charge in [-0.2, -0.15) is 0 Å². The first kappa shape index (κ1) is 9.52. The zero-order valence-electron chi connectivity index (χ0n) is 7.55. The largest absolute Gasteiger partial charge is 0.398 e. The topological polar surface area (TPSA) is 26.0 Å². The molecule has 2 heteroatoms. The fourth-order valence-electron chi connectivity index (χ4n) is 0.991. The SMILES string of the molecule is C=C(C)/C=C(\N)c1ccc(F)cc1. The fourth-order valence-corrected chi connectivity index (χ4v) is 0.991. The lowest BCUT2D eigenvalue weighted by atomic mass is 10.1. The Balaban J connectivity index is 2.96. The first-order valence-corrected chi connectivity index (χ1v) is 3.98. The summed E-state index contributed by atoms with van der Waals surface area (Å²) >= 11 is 0. The third-order valence-corrected chi connectivity index (χ3v) is 1.58. The van der Waals surface area contributed by atoms with Gasteiger partial charge in [-0.1, -0.05) is 24.3 Å². The van der Waals surface area contributed by atoms with Crippen LogP contribution in [0.15, 0.2) is 42.5 Å². The van der Waals surface area contributed by atoms with E-state index in [2.05, 4.69) is 6.58 Å². The average molecular weight is 177 g/mol. The monoisotopic (exact) mass is 177 g/mol. The molecule has 0 aliphatic rings. The van der Waals surface area contributed by atoms with Crippen LogP contribution in [0.2, 0.25) is 0 Å². The van der Waals surface area contributed by atoms with E-state index >= 15 is 0 Å². The van der Waals surface area contributed by atoms with E-state index in [1.54, 1.807) is 18.2 Å². The summed E-state index contributed by atoms with van der Waals surface area (Å²) in [6.45, 7) is 5.57. The maximum Gasteiger partial charge on any atom is 0.123 e. The lowest BCUT2D eigenvalue weighted by molar-refractivity contribution is 0.627. The molecule has 0 bridgehead atoms. The quantitative estimate of drug-likeness (QED) is 0.690. The van der Waals surface area contributed by atoms with Gasteiger partial charge in [-0.3, -0.25) is 0 Å². The summed E-state index contributed by atoms with van der Waals surface area (Å²) in [7, 11) is 0. The molecular formula is C11H12FN. The predicted octanol–water partition coefficient (Wildman–Crippen LogP) is 2.70. The van der Waals surface area contributed by atoms with Crippen LogP contribution in [0.25, 0.3) is 5.70 Å². The molecule has 0 amide bonds. The normalized spacial score (nSPS) is 11.4. The molecule has 0 radical (unpaired) electrons. The van der Waals surface area contributed by atoms with Crippen molar-refractivity contribution in [3.05, 3.63) is 53.9 Å². The van der Waals surface area contributed by atoms with Gasteiger partial charge in [-0.25, -0.2) is 4.39 Å². The van der Waals surface area contributed by atoms with Crippen molar-refractivity contribution in [2.24, 2.45) is 5.73 Å². The van der Waals surface area contributed by atoms with Crippen LogP contribution in [0.4, 0.5) is 4.39 Å². The van der Waals surface area contributed by atoms with Gasteiger partial charge in [0.1, 0.15) is 5.82 Å². The van der Waals surface area contributed by atoms with E-state index in [0.717, 1.165) is 11.1 Å². The summed E-state index contributed by atoms with van der Waals surface area (Å²) in [4.78, 5) is 0. The maximum absolute atomic E-state index is 12.5. The van der Waals surface area contributed by atoms with E-state index in [9.17, 15) is 4.39 Å². The van der Waals surface area contributed by atoms with Crippen LogP contribution in [-0.2, 0) is 0 Å². The number of benzene rings is 1. The molecule has 0 aliphatic carbocycles. The summed E-state index contributed by atoms with van der Waals surface area (Å²) in [6, 6.07) is 6.05. The van der Waals surface area contributed by atoms with Crippen LogP contribution in [0.5, 0.6) is 0 Å². The molecule has 0 spiro atoms. The van der Waals surface area contributed by atoms with Crippen molar-refractivity contribution < 1.29 is 4.39 Å². The molecule has 1 aromatic rings. The van der Waals surface area contributed by atoms with Crippen molar-refractivity contribution >= 4 is 5.70 Å². The van der Waals surface area contributed by atoms with Gasteiger partial charge < -0.3 is 5.73 Å². The maximum atomic E-state index is 12.5. The molecule has 68 valence electrons. The summed E-state index contributed by atoms with van der Waals surface area (Å²) < 4.78 is 12.5. The Morgan fingerprint density at radius 3 is 2.38 bits per heavy atom. The second-order valence-corrected chi connectivity index (χ2v) is 2.95. The molecule has 0 saturated heterocycles. The minimum atomic E-state index is -0.258. The van der Waals surface area contributed by atoms with E-state index in [1.807, 2.05) is 6.92 Å². The van der Waals surface area contributed by atoms with Gasteiger partial charge in [0.15, 0.2) is 0 Å². The molecule has 1 nitrogen and oxygen atoms in total. The average Bonchev–Trinajstić information content (AvgIpc) is 2.04. The zero-order valence-corrected chi connectivity index (χ0v) is 7.55. The second-order valence-electron chi connectivity index (χ2n) is 2.95. The molecule has 0 unspecified atom stereocenters. The van der Waals surface area contributed by atoms with Crippen LogP contribution >= 0.6 is 0 Å². The van der Waals surface area contributed by atoms with Crippen LogP contribution in [0, 0.1) is 5.82 Å². The zero-order chi connectivity index (χ0) is 9.84. The summed E-state index contributed by atoms with van der Waals surface area (Å²) in [6.07, 6.45) is 1.76. The minimum Gasteiger partial charge on any atom is -0.398 e. The van der Waals surface area contributed by atoms with Gasteiger partial charge in [-0.15, -0.1) is 0 Å². The number of halogens is 1. The van der Waals surface area contributed by atoms with Crippen molar-refractivity contribution in [1.82, 2.24) is 0 Å². The fraction of sp³-hybridized carbons (Fsp3) is 0.0909. The highest BCUT2D eigenvalue weighted by Gasteiger charge is 1.95. The van der Waals surface area contributed by atoms with E-state index in [0.29, 0.717) is 5.70 Å². The van der Waals surface area contributed by atoms with Gasteiger partial charge in [-0.05, 0) is 30.7 Å². The number of rotatable bonds is 2. The molecule has 0 aliphatic heterocycles. The Morgan fingerprint density at radius 1 is 1.38 bits per heavy atom. The number of hydrogen-bond donors (Lipinski definition) is 1. The number of nitrogens with two attached hydrogens (primary N) is 1. The molecule has 0 saturated carbocycles. The van der Waals surface area contributed by atoms with Gasteiger partial charge in [0.05, 0.1) is 0 Å². The van der Waals surface area contributed by atoms with Gasteiger partial charge in [0.2, 0.25) is 0 Å². The lowest BCUT2D eigenvalue weighted by Gasteiger charge is -2.00. The predicted molar refractivity (Wildman–Crippen MR) is 53.4 cm³/mol. The third-order valence-electron chi connectivity index (χ3n) is 1.58. The van der Waals surface area contributed by atoms with E-state index in [4.69, 9.17) is 5.73 Å². The first-order valence-electron chi connectivity index (χ1n) is 3.98. The summed E-state index contributed by atoms with van der Waals surface area (Å²) in [5.74, 6) is -0.258. The highest BCUT2D eigenvalue weighted by atomic mass is 19.1. The Kier molecular flexibility index (Phi) is 2.85. The van der Waals surface area contributed by atoms with Gasteiger partial charge in [0, 0.05) is 5.70 Å². The smallest absolute Gasteiger partial charge is 0.123 e. The van der Waals surface area contributed by atoms with E-state index in [1.165, 1.54) is 12.1 Å². The third kappa shape index (κ3) is 2.75. The first-order chi connectivity index (χ1) is 6.09. The molecule has 1 rings (SSSR count). The molecule has 13 heavy (non-hydrogen) atoms. The molecule has 0 fully saturated rings. The Bertz CT molecular complexity index is 336. The number of hydrogen-bond acceptors (Lipinski definition) is 1. The number of allylic oxidation sites excluding steroid dienone is 2. The highest BCUT2D eigenvalue weighted by molar-refractivity contribution is 5.64. The molecule has 1 aromatic carbocycles. The molecule has 0 atom stereocenters. The van der Waals surface area contributed by atoms with E-state index in [-0.39, 0.29) is 5.82 Å². The minimum absolute atomic E-state index is 0.258. The van der Waals surface area contributed by atoms with Crippen molar-refractivity contribution in [3.8, 4) is 0 Å². The molecular weight excluding hydrogens is 165 g/mol. The van der Waals surface area contributed by atoms with Crippen molar-refractivity contribution in [2.45, 2.75) is 6.92 Å². The summed E-state index contributed by atoms with van der Waals surface area (Å²) in [5, 5.41) is 0. The Hall–Kier alpha value is -1.57. The molecule has 0 heterocycles. The standard InChI is InChI=1S/C11H12FN/c1-8(2)7-11(13)9-3-5-10(12)6-4-9/h3-7H,1,13H2,2H3/b11-7-. The Morgan fingerprint density at radius 2 is 1.92 bits per heavy atom. The van der Waals surface area contributed by atoms with Crippen molar-refractivity contribution in [2.75, 3.05) is 0 Å². The Labute approximate surface area is 77.4 Å². The van der Waals surface area contributed by atoms with Crippen LogP contribution < -0.4 is 5.73 Å². The second kappa shape index (κ2) is 3.90. The van der Waals surface area contributed by atoms with Crippen LogP contribution in [0.3, 0.4) is 0 Å². The van der Waals surface area contributed by atoms with Crippen LogP contribution in [0.1, 0.15) is 12.5 Å². The van der Waals surface area contributed by atoms with Gasteiger partial charge in [0.25, 0.3) is 0 Å². The van der Waals surface area contributed by atoms with Gasteiger partial charge >= 0.3 is 0 Å². The van der Waals surface area contributed by atoms with Crippen molar-refractivity contribution in [1.29, 1.82) is 0 Å².